The molecule has 3 amide bonds. The van der Waals surface area contributed by atoms with Crippen LogP contribution in [0.3, 0.4) is 0 Å². The van der Waals surface area contributed by atoms with Gasteiger partial charge in [-0.25, -0.2) is 0 Å². The molecule has 0 radical (unpaired) electrons. The highest BCUT2D eigenvalue weighted by Gasteiger charge is 2.31. The number of aliphatic hydroxyl groups is 1. The lowest BCUT2D eigenvalue weighted by atomic mass is 10.0. The van der Waals surface area contributed by atoms with E-state index in [4.69, 9.17) is 9.47 Å². The highest BCUT2D eigenvalue weighted by Crippen LogP contribution is 2.29. The first-order chi connectivity index (χ1) is 22.2. The molecule has 246 valence electrons. The summed E-state index contributed by atoms with van der Waals surface area (Å²) in [4.78, 5) is 47.6. The van der Waals surface area contributed by atoms with Crippen molar-refractivity contribution in [2.75, 3.05) is 38.7 Å². The predicted molar refractivity (Wildman–Crippen MR) is 177 cm³/mol. The minimum Gasteiger partial charge on any atom is -0.490 e. The van der Waals surface area contributed by atoms with Gasteiger partial charge in [0.05, 0.1) is 36.8 Å². The number of pyridine rings is 1. The fraction of sp³-hybridized carbons (Fsp3) is 0.444. The number of amides is 3. The summed E-state index contributed by atoms with van der Waals surface area (Å²) in [5, 5.41) is 13.1. The van der Waals surface area contributed by atoms with Crippen molar-refractivity contribution < 1.29 is 29.0 Å². The van der Waals surface area contributed by atoms with Crippen LogP contribution in [0.1, 0.15) is 66.3 Å². The molecule has 1 aliphatic heterocycles. The maximum Gasteiger partial charge on any atom is 0.258 e. The third-order valence-electron chi connectivity index (χ3n) is 8.33. The number of rotatable bonds is 8. The van der Waals surface area contributed by atoms with Crippen LogP contribution in [0, 0.1) is 5.92 Å². The summed E-state index contributed by atoms with van der Waals surface area (Å²) in [5.41, 5.74) is 2.11. The second kappa shape index (κ2) is 16.9. The van der Waals surface area contributed by atoms with Crippen molar-refractivity contribution in [2.45, 2.75) is 64.7 Å². The van der Waals surface area contributed by atoms with Crippen LogP contribution in [0.15, 0.2) is 73.1 Å². The number of anilines is 1. The lowest BCUT2D eigenvalue weighted by Gasteiger charge is -2.36. The van der Waals surface area contributed by atoms with Gasteiger partial charge in [0.15, 0.2) is 0 Å². The molecule has 1 aromatic heterocycles. The molecule has 10 heteroatoms. The number of nitrogens with zero attached hydrogens (tertiary/aromatic N) is 3. The Kier molecular flexibility index (Phi) is 12.7. The number of carbonyl (C=O) groups excluding carboxylic acids is 3. The molecule has 4 rings (SSSR count). The molecule has 0 spiro atoms. The Bertz CT molecular complexity index is 1440. The monoisotopic (exact) mass is 630 g/mol. The summed E-state index contributed by atoms with van der Waals surface area (Å²) >= 11 is 0. The second-order valence-electron chi connectivity index (χ2n) is 12.1. The van der Waals surface area contributed by atoms with E-state index in [0.717, 1.165) is 24.8 Å². The van der Waals surface area contributed by atoms with E-state index in [1.54, 1.807) is 66.5 Å². The average Bonchev–Trinajstić information content (AvgIpc) is 3.06. The molecule has 10 nitrogen and oxygen atoms in total. The van der Waals surface area contributed by atoms with Gasteiger partial charge in [-0.3, -0.25) is 19.4 Å². The lowest BCUT2D eigenvalue weighted by Crippen LogP contribution is -2.48. The Morgan fingerprint density at radius 3 is 2.54 bits per heavy atom. The van der Waals surface area contributed by atoms with E-state index in [9.17, 15) is 19.5 Å². The predicted octanol–water partition coefficient (Wildman–Crippen LogP) is 4.83. The molecule has 2 aromatic carbocycles. The number of hydrogen-bond acceptors (Lipinski definition) is 7. The summed E-state index contributed by atoms with van der Waals surface area (Å²) in [6, 6.07) is 17.4. The normalized spacial score (nSPS) is 20.1. The number of ether oxygens (including phenoxy) is 2. The van der Waals surface area contributed by atoms with E-state index in [2.05, 4.69) is 10.3 Å². The van der Waals surface area contributed by atoms with Crippen LogP contribution in [0.4, 0.5) is 5.69 Å². The van der Waals surface area contributed by atoms with Gasteiger partial charge in [0.2, 0.25) is 5.91 Å². The number of aromatic nitrogens is 1. The largest absolute Gasteiger partial charge is 0.490 e. The second-order valence-corrected chi connectivity index (χ2v) is 12.1. The van der Waals surface area contributed by atoms with E-state index in [1.165, 1.54) is 0 Å². The lowest BCUT2D eigenvalue weighted by molar-refractivity contribution is -0.131. The third-order valence-corrected chi connectivity index (χ3v) is 8.33. The van der Waals surface area contributed by atoms with Gasteiger partial charge in [-0.1, -0.05) is 37.3 Å². The van der Waals surface area contributed by atoms with Crippen LogP contribution in [0.25, 0.3) is 0 Å². The van der Waals surface area contributed by atoms with E-state index in [1.807, 2.05) is 44.2 Å². The Morgan fingerprint density at radius 2 is 1.83 bits per heavy atom. The van der Waals surface area contributed by atoms with Gasteiger partial charge in [0.1, 0.15) is 5.75 Å². The zero-order chi connectivity index (χ0) is 33.1. The van der Waals surface area contributed by atoms with Crippen LogP contribution in [-0.4, -0.2) is 89.2 Å². The molecule has 0 saturated carbocycles. The Morgan fingerprint density at radius 1 is 1.09 bits per heavy atom. The molecular formula is C36H46N4O6. The summed E-state index contributed by atoms with van der Waals surface area (Å²) in [7, 11) is 1.78. The molecule has 0 unspecified atom stereocenters. The highest BCUT2D eigenvalue weighted by molar-refractivity contribution is 6.05. The quantitative estimate of drug-likeness (QED) is 0.366. The number of carbonyl (C=O) groups is 3. The first-order valence-electron chi connectivity index (χ1n) is 16.0. The van der Waals surface area contributed by atoms with Crippen molar-refractivity contribution in [2.24, 2.45) is 5.92 Å². The maximum absolute atomic E-state index is 14.3. The van der Waals surface area contributed by atoms with Crippen LogP contribution in [0.2, 0.25) is 0 Å². The molecule has 2 heterocycles. The molecule has 1 aliphatic rings. The Balaban J connectivity index is 1.60. The van der Waals surface area contributed by atoms with Gasteiger partial charge < -0.3 is 29.7 Å². The highest BCUT2D eigenvalue weighted by atomic mass is 16.5. The van der Waals surface area contributed by atoms with Gasteiger partial charge >= 0.3 is 0 Å². The Labute approximate surface area is 271 Å². The molecule has 4 atom stereocenters. The van der Waals surface area contributed by atoms with Crippen LogP contribution >= 0.6 is 0 Å². The first-order valence-corrected chi connectivity index (χ1v) is 16.0. The fourth-order valence-electron chi connectivity index (χ4n) is 5.45. The summed E-state index contributed by atoms with van der Waals surface area (Å²) in [6.07, 6.45) is 5.30. The molecular weight excluding hydrogens is 584 g/mol. The van der Waals surface area contributed by atoms with Gasteiger partial charge in [-0.15, -0.1) is 0 Å². The summed E-state index contributed by atoms with van der Waals surface area (Å²) in [6.45, 7) is 6.66. The Hall–Kier alpha value is -4.28. The molecule has 0 saturated heterocycles. The molecule has 0 bridgehead atoms. The molecule has 3 aromatic rings. The average molecular weight is 631 g/mol. The van der Waals surface area contributed by atoms with Crippen molar-refractivity contribution in [3.05, 3.63) is 89.7 Å². The van der Waals surface area contributed by atoms with Crippen LogP contribution in [0.5, 0.6) is 5.75 Å². The van der Waals surface area contributed by atoms with E-state index in [-0.39, 0.29) is 54.6 Å². The number of benzene rings is 2. The van der Waals surface area contributed by atoms with Gasteiger partial charge in [-0.05, 0) is 69.0 Å². The van der Waals surface area contributed by atoms with Gasteiger partial charge in [0.25, 0.3) is 11.8 Å². The first kappa shape index (κ1) is 34.6. The van der Waals surface area contributed by atoms with Gasteiger partial charge in [0, 0.05) is 56.3 Å². The minimum absolute atomic E-state index is 0.0145. The zero-order valence-electron chi connectivity index (χ0n) is 27.2. The zero-order valence-corrected chi connectivity index (χ0v) is 27.2. The fourth-order valence-corrected chi connectivity index (χ4v) is 5.45. The van der Waals surface area contributed by atoms with Crippen molar-refractivity contribution in [3.8, 4) is 5.75 Å². The van der Waals surface area contributed by atoms with E-state index < -0.39 is 6.04 Å². The summed E-state index contributed by atoms with van der Waals surface area (Å²) in [5.74, 6) is -0.437. The van der Waals surface area contributed by atoms with Crippen LogP contribution in [-0.2, 0) is 16.0 Å². The van der Waals surface area contributed by atoms with Crippen molar-refractivity contribution in [3.63, 3.8) is 0 Å². The molecule has 46 heavy (non-hydrogen) atoms. The topological polar surface area (TPSA) is 121 Å². The minimum atomic E-state index is -0.513. The number of aliphatic hydroxyl groups excluding tert-OH is 1. The van der Waals surface area contributed by atoms with E-state index in [0.29, 0.717) is 36.6 Å². The number of fused-ring (bicyclic) bond motifs is 1. The van der Waals surface area contributed by atoms with Gasteiger partial charge in [-0.2, -0.15) is 0 Å². The van der Waals surface area contributed by atoms with Crippen LogP contribution < -0.4 is 10.1 Å². The summed E-state index contributed by atoms with van der Waals surface area (Å²) < 4.78 is 12.7. The molecule has 0 fully saturated rings. The van der Waals surface area contributed by atoms with Crippen molar-refractivity contribution in [1.29, 1.82) is 0 Å². The molecule has 2 N–H and O–H groups in total. The SMILES string of the molecule is C[C@@H]1CCCCO[C@H](CN(C)C(=O)Cc2ccccc2)[C@H](C)CN([C@H](C)CO)C(=O)c2cc(NC(=O)c3ccncc3)ccc2O1. The third kappa shape index (κ3) is 9.61. The molecule has 0 aliphatic carbocycles. The smallest absolute Gasteiger partial charge is 0.258 e. The van der Waals surface area contributed by atoms with Crippen molar-refractivity contribution in [1.82, 2.24) is 14.8 Å². The number of hydrogen-bond donors (Lipinski definition) is 2. The van der Waals surface area contributed by atoms with Crippen molar-refractivity contribution >= 4 is 23.4 Å². The standard InChI is InChI=1S/C36H46N4O6/c1-25-22-40(26(2)24-41)36(44)31-21-30(38-35(43)29-15-17-37-18-16-29)13-14-32(31)46-27(3)10-8-9-19-45-33(25)23-39(4)34(42)20-28-11-6-5-7-12-28/h5-7,11-18,21,25-27,33,41H,8-10,19-20,22-24H2,1-4H3,(H,38,43)/t25-,26-,27-,33-/m1/s1. The number of nitrogens with one attached hydrogen (secondary N) is 1. The van der Waals surface area contributed by atoms with E-state index >= 15 is 0 Å². The number of likely N-dealkylation sites (N-methyl/N-ethyl adjacent to an activating group) is 1. The maximum atomic E-state index is 14.3.